The standard InChI is InChI=1S/C20H21N3O2/c1-2-6-15(7-3-1)18-21-19(22-25-18)20-10-4-8-16(20)12-23(14-20)13-17-9-5-11-24-17/h1-3,5-7,9,11,16H,4,8,10,12-14H2/t16-,20-/m1/s1. The second-order valence-electron chi connectivity index (χ2n) is 7.28. The Morgan fingerprint density at radius 3 is 2.92 bits per heavy atom. The van der Waals surface area contributed by atoms with Gasteiger partial charge in [0.1, 0.15) is 5.76 Å². The Labute approximate surface area is 146 Å². The summed E-state index contributed by atoms with van der Waals surface area (Å²) in [5.41, 5.74) is 1.01. The average Bonchev–Trinajstić information content (AvgIpc) is 3.39. The molecule has 25 heavy (non-hydrogen) atoms. The first kappa shape index (κ1) is 14.9. The second kappa shape index (κ2) is 5.85. The van der Waals surface area contributed by atoms with E-state index >= 15 is 0 Å². The lowest BCUT2D eigenvalue weighted by Gasteiger charge is -2.24. The smallest absolute Gasteiger partial charge is 0.257 e. The van der Waals surface area contributed by atoms with Gasteiger partial charge in [-0.15, -0.1) is 0 Å². The number of benzene rings is 1. The molecule has 0 radical (unpaired) electrons. The van der Waals surface area contributed by atoms with E-state index in [2.05, 4.69) is 10.1 Å². The summed E-state index contributed by atoms with van der Waals surface area (Å²) in [7, 11) is 0. The van der Waals surface area contributed by atoms with Crippen molar-refractivity contribution in [2.24, 2.45) is 5.92 Å². The molecule has 5 nitrogen and oxygen atoms in total. The van der Waals surface area contributed by atoms with Crippen LogP contribution in [0.25, 0.3) is 11.5 Å². The number of hydrogen-bond acceptors (Lipinski definition) is 5. The molecule has 3 heterocycles. The molecule has 1 aliphatic heterocycles. The molecule has 2 atom stereocenters. The topological polar surface area (TPSA) is 55.3 Å². The van der Waals surface area contributed by atoms with Crippen LogP contribution in [0.15, 0.2) is 57.7 Å². The van der Waals surface area contributed by atoms with Gasteiger partial charge in [0.15, 0.2) is 5.82 Å². The fraction of sp³-hybridized carbons (Fsp3) is 0.400. The van der Waals surface area contributed by atoms with Gasteiger partial charge in [0, 0.05) is 18.7 Å². The molecule has 2 aliphatic rings. The van der Waals surface area contributed by atoms with Crippen LogP contribution >= 0.6 is 0 Å². The summed E-state index contributed by atoms with van der Waals surface area (Å²) < 4.78 is 11.1. The summed E-state index contributed by atoms with van der Waals surface area (Å²) in [5, 5.41) is 4.40. The largest absolute Gasteiger partial charge is 0.468 e. The summed E-state index contributed by atoms with van der Waals surface area (Å²) in [6.07, 6.45) is 5.37. The summed E-state index contributed by atoms with van der Waals surface area (Å²) >= 11 is 0. The molecule has 0 N–H and O–H groups in total. The minimum absolute atomic E-state index is 0.0309. The molecule has 1 saturated carbocycles. The van der Waals surface area contributed by atoms with Crippen molar-refractivity contribution in [2.45, 2.75) is 31.2 Å². The lowest BCUT2D eigenvalue weighted by molar-refractivity contribution is 0.265. The second-order valence-corrected chi connectivity index (χ2v) is 7.28. The summed E-state index contributed by atoms with van der Waals surface area (Å²) in [5.74, 6) is 3.13. The molecule has 5 rings (SSSR count). The fourth-order valence-electron chi connectivity index (χ4n) is 4.63. The van der Waals surface area contributed by atoms with Gasteiger partial charge in [-0.25, -0.2) is 0 Å². The first-order valence-electron chi connectivity index (χ1n) is 8.98. The maximum absolute atomic E-state index is 5.61. The van der Waals surface area contributed by atoms with E-state index in [1.54, 1.807) is 6.26 Å². The van der Waals surface area contributed by atoms with Crippen LogP contribution in [0.4, 0.5) is 0 Å². The van der Waals surface area contributed by atoms with Gasteiger partial charge in [0.25, 0.3) is 5.89 Å². The predicted molar refractivity (Wildman–Crippen MR) is 92.7 cm³/mol. The summed E-state index contributed by atoms with van der Waals surface area (Å²) in [4.78, 5) is 7.27. The lowest BCUT2D eigenvalue weighted by Crippen LogP contribution is -2.33. The van der Waals surface area contributed by atoms with Gasteiger partial charge in [-0.05, 0) is 43.0 Å². The van der Waals surface area contributed by atoms with Gasteiger partial charge in [-0.2, -0.15) is 4.98 Å². The Kier molecular flexibility index (Phi) is 3.48. The highest BCUT2D eigenvalue weighted by molar-refractivity contribution is 5.52. The molecule has 5 heteroatoms. The van der Waals surface area contributed by atoms with E-state index in [0.29, 0.717) is 11.8 Å². The highest BCUT2D eigenvalue weighted by atomic mass is 16.5. The first-order chi connectivity index (χ1) is 12.3. The minimum Gasteiger partial charge on any atom is -0.468 e. The van der Waals surface area contributed by atoms with Gasteiger partial charge in [0.2, 0.25) is 0 Å². The zero-order valence-electron chi connectivity index (χ0n) is 14.1. The zero-order valence-corrected chi connectivity index (χ0v) is 14.1. The fourth-order valence-corrected chi connectivity index (χ4v) is 4.63. The van der Waals surface area contributed by atoms with Crippen molar-refractivity contribution in [3.05, 3.63) is 60.3 Å². The first-order valence-corrected chi connectivity index (χ1v) is 8.98. The van der Waals surface area contributed by atoms with E-state index in [1.807, 2.05) is 42.5 Å². The van der Waals surface area contributed by atoms with E-state index in [-0.39, 0.29) is 5.41 Å². The molecule has 0 unspecified atom stereocenters. The number of hydrogen-bond donors (Lipinski definition) is 0. The van der Waals surface area contributed by atoms with Crippen LogP contribution in [-0.4, -0.2) is 28.1 Å². The van der Waals surface area contributed by atoms with E-state index in [9.17, 15) is 0 Å². The molecule has 128 valence electrons. The van der Waals surface area contributed by atoms with Gasteiger partial charge in [-0.1, -0.05) is 29.8 Å². The van der Waals surface area contributed by atoms with Crippen molar-refractivity contribution in [2.75, 3.05) is 13.1 Å². The quantitative estimate of drug-likeness (QED) is 0.724. The van der Waals surface area contributed by atoms with Crippen LogP contribution < -0.4 is 0 Å². The molecule has 0 bridgehead atoms. The SMILES string of the molecule is c1ccc(-c2nc([C@@]34CCC[C@@H]3CN(Cc3ccco3)C4)no2)cc1. The predicted octanol–water partition coefficient (Wildman–Crippen LogP) is 3.88. The van der Waals surface area contributed by atoms with Crippen LogP contribution in [0.2, 0.25) is 0 Å². The molecular formula is C20H21N3O2. The van der Waals surface area contributed by atoms with Crippen LogP contribution in [0.5, 0.6) is 0 Å². The maximum Gasteiger partial charge on any atom is 0.257 e. The van der Waals surface area contributed by atoms with Crippen LogP contribution in [-0.2, 0) is 12.0 Å². The molecule has 3 aromatic rings. The van der Waals surface area contributed by atoms with E-state index in [1.165, 1.54) is 12.8 Å². The van der Waals surface area contributed by atoms with Gasteiger partial charge in [0.05, 0.1) is 18.2 Å². The van der Waals surface area contributed by atoms with Crippen molar-refractivity contribution in [1.29, 1.82) is 0 Å². The highest BCUT2D eigenvalue weighted by Gasteiger charge is 2.53. The van der Waals surface area contributed by atoms with E-state index in [4.69, 9.17) is 13.9 Å². The monoisotopic (exact) mass is 335 g/mol. The number of likely N-dealkylation sites (tertiary alicyclic amines) is 1. The molecule has 1 saturated heterocycles. The Bertz CT molecular complexity index is 843. The highest BCUT2D eigenvalue weighted by Crippen LogP contribution is 2.50. The maximum atomic E-state index is 5.61. The number of aromatic nitrogens is 2. The van der Waals surface area contributed by atoms with Crippen LogP contribution in [0.1, 0.15) is 30.8 Å². The molecule has 1 aromatic carbocycles. The minimum atomic E-state index is 0.0309. The molecular weight excluding hydrogens is 314 g/mol. The van der Waals surface area contributed by atoms with Crippen molar-refractivity contribution in [1.82, 2.24) is 15.0 Å². The van der Waals surface area contributed by atoms with Crippen molar-refractivity contribution < 1.29 is 8.94 Å². The third-order valence-electron chi connectivity index (χ3n) is 5.79. The number of furan rings is 1. The Morgan fingerprint density at radius 2 is 2.08 bits per heavy atom. The lowest BCUT2D eigenvalue weighted by atomic mass is 9.80. The van der Waals surface area contributed by atoms with E-state index < -0.39 is 0 Å². The molecule has 2 aromatic heterocycles. The summed E-state index contributed by atoms with van der Waals surface area (Å²) in [6.45, 7) is 2.91. The normalized spacial score (nSPS) is 26.2. The molecule has 2 fully saturated rings. The summed E-state index contributed by atoms with van der Waals surface area (Å²) in [6, 6.07) is 14.0. The third kappa shape index (κ3) is 2.50. The van der Waals surface area contributed by atoms with Crippen molar-refractivity contribution in [3.8, 4) is 11.5 Å². The number of nitrogens with zero attached hydrogens (tertiary/aromatic N) is 3. The van der Waals surface area contributed by atoms with Crippen molar-refractivity contribution >= 4 is 0 Å². The van der Waals surface area contributed by atoms with Gasteiger partial charge in [-0.3, -0.25) is 4.90 Å². The van der Waals surface area contributed by atoms with Gasteiger partial charge >= 0.3 is 0 Å². The van der Waals surface area contributed by atoms with Gasteiger partial charge < -0.3 is 8.94 Å². The molecule has 0 amide bonds. The Morgan fingerprint density at radius 1 is 1.16 bits per heavy atom. The van der Waals surface area contributed by atoms with E-state index in [0.717, 1.165) is 43.2 Å². The molecule has 1 aliphatic carbocycles. The average molecular weight is 335 g/mol. The van der Waals surface area contributed by atoms with Crippen molar-refractivity contribution in [3.63, 3.8) is 0 Å². The Balaban J connectivity index is 1.42. The molecule has 0 spiro atoms. The Hall–Kier alpha value is -2.40. The third-order valence-corrected chi connectivity index (χ3v) is 5.79. The zero-order chi connectivity index (χ0) is 16.7. The van der Waals surface area contributed by atoms with Crippen LogP contribution in [0, 0.1) is 5.92 Å². The van der Waals surface area contributed by atoms with Crippen LogP contribution in [0.3, 0.4) is 0 Å². The number of fused-ring (bicyclic) bond motifs is 1. The number of rotatable bonds is 4.